The van der Waals surface area contributed by atoms with Gasteiger partial charge in [-0.2, -0.15) is 0 Å². The van der Waals surface area contributed by atoms with Crippen LogP contribution >= 0.6 is 0 Å². The minimum absolute atomic E-state index is 0.912. The smallest absolute Gasteiger partial charge is 0.143 e. The highest BCUT2D eigenvalue weighted by atomic mass is 16.3. The Balaban J connectivity index is 1.21. The molecule has 11 rings (SSSR count). The van der Waals surface area contributed by atoms with Crippen molar-refractivity contribution in [2.24, 2.45) is 0 Å². The molecule has 0 aliphatic rings. The molecular weight excluding hydrogens is 621 g/mol. The molecule has 11 aromatic rings. The van der Waals surface area contributed by atoms with E-state index in [1.54, 1.807) is 0 Å². The summed E-state index contributed by atoms with van der Waals surface area (Å²) in [6.45, 7) is 0. The average Bonchev–Trinajstić information content (AvgIpc) is 3.86. The van der Waals surface area contributed by atoms with Gasteiger partial charge in [0.2, 0.25) is 0 Å². The molecule has 238 valence electrons. The van der Waals surface area contributed by atoms with Gasteiger partial charge in [0.05, 0.1) is 22.1 Å². The zero-order valence-corrected chi connectivity index (χ0v) is 27.6. The first kappa shape index (κ1) is 28.0. The quantitative estimate of drug-likeness (QED) is 0.186. The van der Waals surface area contributed by atoms with E-state index in [0.29, 0.717) is 0 Å². The Hall–Kier alpha value is -6.84. The predicted molar refractivity (Wildman–Crippen MR) is 213 cm³/mol. The number of rotatable bonds is 4. The molecule has 3 heteroatoms. The number of benzene rings is 8. The van der Waals surface area contributed by atoms with Crippen molar-refractivity contribution in [3.63, 3.8) is 0 Å². The van der Waals surface area contributed by atoms with Crippen LogP contribution in [0.2, 0.25) is 0 Å². The summed E-state index contributed by atoms with van der Waals surface area (Å²) in [6, 6.07) is 65.4. The van der Waals surface area contributed by atoms with Crippen molar-refractivity contribution in [1.29, 1.82) is 0 Å². The predicted octanol–water partition coefficient (Wildman–Crippen LogP) is 13.1. The standard InChI is InChI=1S/C48H30N2O/c1-3-12-31(13-4-1)33-24-27-37-39-28-29-43-46(41-17-7-9-20-42(41)49(43)34-14-5-2-6-15-34)47(39)50(44(37)30-33)35-25-22-32(23-26-35)36-18-11-19-40-38-16-8-10-21-45(38)51-48(36)40/h1-30H. The summed E-state index contributed by atoms with van der Waals surface area (Å²) in [5, 5.41) is 7.25. The van der Waals surface area contributed by atoms with Crippen molar-refractivity contribution >= 4 is 65.6 Å². The van der Waals surface area contributed by atoms with Crippen LogP contribution in [0.3, 0.4) is 0 Å². The second kappa shape index (κ2) is 10.8. The summed E-state index contributed by atoms with van der Waals surface area (Å²) < 4.78 is 11.3. The molecule has 0 saturated carbocycles. The highest BCUT2D eigenvalue weighted by Crippen LogP contribution is 2.43. The van der Waals surface area contributed by atoms with Gasteiger partial charge in [0.1, 0.15) is 11.2 Å². The van der Waals surface area contributed by atoms with Crippen molar-refractivity contribution in [2.75, 3.05) is 0 Å². The maximum atomic E-state index is 6.43. The molecule has 0 radical (unpaired) electrons. The Labute approximate surface area is 293 Å². The Morgan fingerprint density at radius 1 is 0.353 bits per heavy atom. The number of furan rings is 1. The van der Waals surface area contributed by atoms with E-state index in [9.17, 15) is 0 Å². The third-order valence-corrected chi connectivity index (χ3v) is 10.5. The summed E-state index contributed by atoms with van der Waals surface area (Å²) >= 11 is 0. The lowest BCUT2D eigenvalue weighted by molar-refractivity contribution is 0.670. The average molecular weight is 651 g/mol. The number of hydrogen-bond acceptors (Lipinski definition) is 1. The maximum absolute atomic E-state index is 6.43. The summed E-state index contributed by atoms with van der Waals surface area (Å²) in [7, 11) is 0. The van der Waals surface area contributed by atoms with E-state index in [2.05, 4.69) is 179 Å². The van der Waals surface area contributed by atoms with Crippen LogP contribution < -0.4 is 0 Å². The molecule has 0 saturated heterocycles. The summed E-state index contributed by atoms with van der Waals surface area (Å²) in [6.07, 6.45) is 0. The topological polar surface area (TPSA) is 23.0 Å². The van der Waals surface area contributed by atoms with Crippen LogP contribution in [0.5, 0.6) is 0 Å². The Bertz CT molecular complexity index is 3110. The van der Waals surface area contributed by atoms with E-state index < -0.39 is 0 Å². The van der Waals surface area contributed by atoms with Crippen molar-refractivity contribution in [2.45, 2.75) is 0 Å². The Morgan fingerprint density at radius 2 is 1.02 bits per heavy atom. The number of hydrogen-bond donors (Lipinski definition) is 0. The van der Waals surface area contributed by atoms with Gasteiger partial charge in [0.15, 0.2) is 0 Å². The second-order valence-electron chi connectivity index (χ2n) is 13.3. The molecule has 8 aromatic carbocycles. The van der Waals surface area contributed by atoms with Crippen LogP contribution in [0.1, 0.15) is 0 Å². The molecule has 0 N–H and O–H groups in total. The third kappa shape index (κ3) is 4.12. The van der Waals surface area contributed by atoms with Crippen LogP contribution in [0.25, 0.3) is 99.2 Å². The highest BCUT2D eigenvalue weighted by molar-refractivity contribution is 6.26. The molecule has 0 amide bonds. The van der Waals surface area contributed by atoms with Gasteiger partial charge in [0.25, 0.3) is 0 Å². The van der Waals surface area contributed by atoms with Gasteiger partial charge in [-0.3, -0.25) is 0 Å². The lowest BCUT2D eigenvalue weighted by Gasteiger charge is -2.12. The fourth-order valence-electron chi connectivity index (χ4n) is 8.25. The van der Waals surface area contributed by atoms with Gasteiger partial charge in [-0.1, -0.05) is 133 Å². The molecule has 3 aromatic heterocycles. The van der Waals surface area contributed by atoms with Crippen LogP contribution in [0.4, 0.5) is 0 Å². The maximum Gasteiger partial charge on any atom is 0.143 e. The largest absolute Gasteiger partial charge is 0.455 e. The van der Waals surface area contributed by atoms with Gasteiger partial charge < -0.3 is 13.6 Å². The van der Waals surface area contributed by atoms with Gasteiger partial charge >= 0.3 is 0 Å². The normalized spacial score (nSPS) is 11.9. The van der Waals surface area contributed by atoms with E-state index in [1.165, 1.54) is 54.7 Å². The zero-order chi connectivity index (χ0) is 33.5. The monoisotopic (exact) mass is 650 g/mol. The second-order valence-corrected chi connectivity index (χ2v) is 13.3. The lowest BCUT2D eigenvalue weighted by atomic mass is 10.0. The van der Waals surface area contributed by atoms with E-state index in [4.69, 9.17) is 4.42 Å². The fraction of sp³-hybridized carbons (Fsp3) is 0. The number of para-hydroxylation sites is 4. The van der Waals surface area contributed by atoms with E-state index >= 15 is 0 Å². The summed E-state index contributed by atoms with van der Waals surface area (Å²) in [5.74, 6) is 0. The lowest BCUT2D eigenvalue weighted by Crippen LogP contribution is -1.95. The molecule has 0 aliphatic carbocycles. The van der Waals surface area contributed by atoms with Crippen molar-refractivity contribution in [3.8, 4) is 33.6 Å². The SMILES string of the molecule is c1ccc(-c2ccc3c4ccc5c(c6ccccc6n5-c5ccccc5)c4n(-c4ccc(-c5cccc6c5oc5ccccc56)cc4)c3c2)cc1. The number of nitrogens with zero attached hydrogens (tertiary/aromatic N) is 2. The van der Waals surface area contributed by atoms with Crippen molar-refractivity contribution in [1.82, 2.24) is 9.13 Å². The molecule has 51 heavy (non-hydrogen) atoms. The van der Waals surface area contributed by atoms with Gasteiger partial charge in [-0.15, -0.1) is 0 Å². The van der Waals surface area contributed by atoms with Gasteiger partial charge in [0, 0.05) is 49.3 Å². The van der Waals surface area contributed by atoms with E-state index in [1.807, 2.05) is 12.1 Å². The third-order valence-electron chi connectivity index (χ3n) is 10.5. The minimum Gasteiger partial charge on any atom is -0.455 e. The summed E-state index contributed by atoms with van der Waals surface area (Å²) in [4.78, 5) is 0. The highest BCUT2D eigenvalue weighted by Gasteiger charge is 2.21. The molecular formula is C48H30N2O. The van der Waals surface area contributed by atoms with Crippen molar-refractivity contribution < 1.29 is 4.42 Å². The minimum atomic E-state index is 0.912. The number of fused-ring (bicyclic) bond motifs is 10. The summed E-state index contributed by atoms with van der Waals surface area (Å²) in [5.41, 5.74) is 13.5. The van der Waals surface area contributed by atoms with Crippen LogP contribution in [-0.4, -0.2) is 9.13 Å². The van der Waals surface area contributed by atoms with Gasteiger partial charge in [-0.05, 0) is 65.2 Å². The van der Waals surface area contributed by atoms with Crippen LogP contribution in [0, 0.1) is 0 Å². The molecule has 0 aliphatic heterocycles. The molecule has 0 fully saturated rings. The zero-order valence-electron chi connectivity index (χ0n) is 27.6. The van der Waals surface area contributed by atoms with Crippen molar-refractivity contribution in [3.05, 3.63) is 182 Å². The van der Waals surface area contributed by atoms with E-state index in [0.717, 1.165) is 44.4 Å². The first-order valence-electron chi connectivity index (χ1n) is 17.4. The number of aromatic nitrogens is 2. The van der Waals surface area contributed by atoms with Gasteiger partial charge in [-0.25, -0.2) is 0 Å². The first-order valence-corrected chi connectivity index (χ1v) is 17.4. The Kier molecular flexibility index (Phi) is 5.96. The molecule has 0 bridgehead atoms. The van der Waals surface area contributed by atoms with E-state index in [-0.39, 0.29) is 0 Å². The fourth-order valence-corrected chi connectivity index (χ4v) is 8.25. The molecule has 0 unspecified atom stereocenters. The molecule has 0 spiro atoms. The first-order chi connectivity index (χ1) is 25.3. The Morgan fingerprint density at radius 3 is 1.86 bits per heavy atom. The molecule has 3 nitrogen and oxygen atoms in total. The van der Waals surface area contributed by atoms with Crippen LogP contribution in [0.15, 0.2) is 186 Å². The molecule has 0 atom stereocenters. The molecule has 3 heterocycles. The van der Waals surface area contributed by atoms with Crippen LogP contribution in [-0.2, 0) is 0 Å².